The zero-order valence-electron chi connectivity index (χ0n) is 10.9. The van der Waals surface area contributed by atoms with E-state index in [0.717, 1.165) is 12.0 Å². The second-order valence-corrected chi connectivity index (χ2v) is 4.40. The van der Waals surface area contributed by atoms with Crippen molar-refractivity contribution in [3.63, 3.8) is 0 Å². The summed E-state index contributed by atoms with van der Waals surface area (Å²) in [7, 11) is 0. The largest absolute Gasteiger partial charge is 0.545 e. The summed E-state index contributed by atoms with van der Waals surface area (Å²) < 4.78 is 35.6. The molecule has 0 saturated heterocycles. The number of halogens is 3. The van der Waals surface area contributed by atoms with Gasteiger partial charge >= 0.3 is 6.18 Å². The molecule has 0 atom stereocenters. The first kappa shape index (κ1) is 17.0. The number of aliphatic carboxylic acids is 1. The van der Waals surface area contributed by atoms with Crippen molar-refractivity contribution in [2.75, 3.05) is 0 Å². The molecule has 2 nitrogen and oxygen atoms in total. The van der Waals surface area contributed by atoms with Gasteiger partial charge in [-0.25, -0.2) is 0 Å². The van der Waals surface area contributed by atoms with Crippen LogP contribution in [0.4, 0.5) is 13.2 Å². The smallest absolute Gasteiger partial charge is 0.389 e. The van der Waals surface area contributed by atoms with Crippen LogP contribution in [0.1, 0.15) is 58.8 Å². The highest BCUT2D eigenvalue weighted by atomic mass is 19.4. The van der Waals surface area contributed by atoms with E-state index in [1.807, 2.05) is 6.92 Å². The number of unbranched alkanes of at least 4 members (excludes halogenated alkanes) is 3. The number of alkyl halides is 3. The normalized spacial score (nSPS) is 13.4. The zero-order valence-corrected chi connectivity index (χ0v) is 10.9. The highest BCUT2D eigenvalue weighted by Gasteiger charge is 2.25. The highest BCUT2D eigenvalue weighted by Crippen LogP contribution is 2.23. The number of carbonyl (C=O) groups is 1. The fourth-order valence-electron chi connectivity index (χ4n) is 1.79. The molecule has 0 aromatic rings. The average Bonchev–Trinajstić information content (AvgIpc) is 2.25. The summed E-state index contributed by atoms with van der Waals surface area (Å²) in [5.41, 5.74) is 1.08. The molecule has 0 aliphatic heterocycles. The number of hydrogen-bond donors (Lipinski definition) is 0. The molecule has 0 aromatic carbocycles. The fraction of sp³-hybridized carbons (Fsp3) is 0.769. The number of carbonyl (C=O) groups excluding carboxylic acids is 1. The first-order valence-corrected chi connectivity index (χ1v) is 6.24. The molecule has 5 heteroatoms. The second kappa shape index (κ2) is 8.16. The lowest BCUT2D eigenvalue weighted by molar-refractivity contribution is -0.299. The molecule has 0 bridgehead atoms. The Morgan fingerprint density at radius 1 is 1.11 bits per heavy atom. The van der Waals surface area contributed by atoms with Gasteiger partial charge in [-0.3, -0.25) is 0 Å². The van der Waals surface area contributed by atoms with Gasteiger partial charge in [0.05, 0.1) is 5.97 Å². The molecule has 0 radical (unpaired) electrons. The van der Waals surface area contributed by atoms with Crippen LogP contribution in [0.5, 0.6) is 0 Å². The van der Waals surface area contributed by atoms with Crippen molar-refractivity contribution in [2.24, 2.45) is 0 Å². The van der Waals surface area contributed by atoms with Gasteiger partial charge in [-0.2, -0.15) is 13.2 Å². The summed E-state index contributed by atoms with van der Waals surface area (Å²) in [5, 5.41) is 10.7. The molecule has 0 saturated carbocycles. The number of carboxylic acids is 1. The van der Waals surface area contributed by atoms with Crippen LogP contribution in [-0.4, -0.2) is 12.1 Å². The van der Waals surface area contributed by atoms with E-state index in [9.17, 15) is 23.1 Å². The molecular weight excluding hydrogens is 245 g/mol. The molecule has 0 amide bonds. The van der Waals surface area contributed by atoms with Crippen LogP contribution in [0.25, 0.3) is 0 Å². The number of carboxylic acid groups (broad SMARTS) is 1. The van der Waals surface area contributed by atoms with Crippen LogP contribution in [0.3, 0.4) is 0 Å². The molecule has 0 unspecified atom stereocenters. The van der Waals surface area contributed by atoms with Crippen LogP contribution in [0.2, 0.25) is 0 Å². The molecule has 0 fully saturated rings. The van der Waals surface area contributed by atoms with Gasteiger partial charge in [0.25, 0.3) is 0 Å². The maximum absolute atomic E-state index is 11.9. The van der Waals surface area contributed by atoms with Crippen molar-refractivity contribution in [1.29, 1.82) is 0 Å². The van der Waals surface area contributed by atoms with Crippen LogP contribution in [0.15, 0.2) is 11.1 Å². The number of hydrogen-bond acceptors (Lipinski definition) is 2. The summed E-state index contributed by atoms with van der Waals surface area (Å²) in [6, 6.07) is 0. The summed E-state index contributed by atoms with van der Waals surface area (Å²) in [5.74, 6) is -1.16. The van der Waals surface area contributed by atoms with Crippen molar-refractivity contribution in [2.45, 2.75) is 65.0 Å². The summed E-state index contributed by atoms with van der Waals surface area (Å²) in [4.78, 5) is 10.7. The molecule has 0 N–H and O–H groups in total. The molecule has 0 rings (SSSR count). The van der Waals surface area contributed by atoms with Gasteiger partial charge in [0.1, 0.15) is 0 Å². The van der Waals surface area contributed by atoms with Crippen LogP contribution < -0.4 is 5.11 Å². The summed E-state index contributed by atoms with van der Waals surface area (Å²) in [6.07, 6.45) is -1.44. The fourth-order valence-corrected chi connectivity index (χ4v) is 1.79. The van der Waals surface area contributed by atoms with Gasteiger partial charge in [-0.05, 0) is 38.2 Å². The molecule has 106 valence electrons. The Labute approximate surface area is 106 Å². The van der Waals surface area contributed by atoms with Crippen LogP contribution in [-0.2, 0) is 4.79 Å². The lowest BCUT2D eigenvalue weighted by Gasteiger charge is -2.11. The summed E-state index contributed by atoms with van der Waals surface area (Å²) >= 11 is 0. The third-order valence-corrected chi connectivity index (χ3v) is 2.95. The molecule has 0 spiro atoms. The molecule has 0 aliphatic rings. The van der Waals surface area contributed by atoms with E-state index in [0.29, 0.717) is 25.7 Å². The monoisotopic (exact) mass is 265 g/mol. The summed E-state index contributed by atoms with van der Waals surface area (Å²) in [6.45, 7) is 3.38. The van der Waals surface area contributed by atoms with E-state index in [-0.39, 0.29) is 12.0 Å². The molecule has 0 heterocycles. The number of rotatable bonds is 8. The SMILES string of the molecule is CCC(CCCCCCC(F)(F)F)=C(C)C(=O)[O-]. The Bertz CT molecular complexity index is 293. The first-order chi connectivity index (χ1) is 8.28. The predicted molar refractivity (Wildman–Crippen MR) is 61.8 cm³/mol. The number of allylic oxidation sites excluding steroid dienone is 1. The zero-order chi connectivity index (χ0) is 14.2. The standard InChI is InChI=1S/C13H21F3O2/c1-3-11(10(2)12(17)18)8-6-4-5-7-9-13(14,15)16/h3-9H2,1-2H3,(H,17,18)/p-1. The topological polar surface area (TPSA) is 40.1 Å². The quantitative estimate of drug-likeness (QED) is 0.498. The van der Waals surface area contributed by atoms with Gasteiger partial charge in [-0.15, -0.1) is 0 Å². The Morgan fingerprint density at radius 3 is 2.11 bits per heavy atom. The highest BCUT2D eigenvalue weighted by molar-refractivity contribution is 5.84. The Balaban J connectivity index is 3.84. The maximum Gasteiger partial charge on any atom is 0.389 e. The van der Waals surface area contributed by atoms with Gasteiger partial charge in [0.15, 0.2) is 0 Å². The van der Waals surface area contributed by atoms with Gasteiger partial charge in [0.2, 0.25) is 0 Å². The molecular formula is C13H20F3O2-. The van der Waals surface area contributed by atoms with E-state index < -0.39 is 18.6 Å². The van der Waals surface area contributed by atoms with Crippen molar-refractivity contribution < 1.29 is 23.1 Å². The second-order valence-electron chi connectivity index (χ2n) is 4.40. The van der Waals surface area contributed by atoms with Gasteiger partial charge in [-0.1, -0.05) is 25.3 Å². The Kier molecular flexibility index (Phi) is 7.71. The van der Waals surface area contributed by atoms with Gasteiger partial charge in [0, 0.05) is 6.42 Å². The average molecular weight is 265 g/mol. The molecule has 18 heavy (non-hydrogen) atoms. The van der Waals surface area contributed by atoms with E-state index in [1.54, 1.807) is 0 Å². The van der Waals surface area contributed by atoms with Crippen molar-refractivity contribution in [3.05, 3.63) is 11.1 Å². The van der Waals surface area contributed by atoms with Crippen LogP contribution in [0, 0.1) is 0 Å². The minimum Gasteiger partial charge on any atom is -0.545 e. The Morgan fingerprint density at radius 2 is 1.67 bits per heavy atom. The molecule has 0 aromatic heterocycles. The van der Waals surface area contributed by atoms with Gasteiger partial charge < -0.3 is 9.90 Å². The third-order valence-electron chi connectivity index (χ3n) is 2.95. The van der Waals surface area contributed by atoms with Crippen LogP contribution >= 0.6 is 0 Å². The first-order valence-electron chi connectivity index (χ1n) is 6.24. The minimum absolute atomic E-state index is 0.147. The third kappa shape index (κ3) is 8.14. The van der Waals surface area contributed by atoms with E-state index >= 15 is 0 Å². The van der Waals surface area contributed by atoms with E-state index in [4.69, 9.17) is 0 Å². The van der Waals surface area contributed by atoms with E-state index in [1.165, 1.54) is 6.92 Å². The van der Waals surface area contributed by atoms with Crippen molar-refractivity contribution in [1.82, 2.24) is 0 Å². The lowest BCUT2D eigenvalue weighted by Crippen LogP contribution is -2.24. The van der Waals surface area contributed by atoms with E-state index in [2.05, 4.69) is 0 Å². The maximum atomic E-state index is 11.9. The van der Waals surface area contributed by atoms with Crippen molar-refractivity contribution >= 4 is 5.97 Å². The minimum atomic E-state index is -4.07. The van der Waals surface area contributed by atoms with Crippen molar-refractivity contribution in [3.8, 4) is 0 Å². The Hall–Kier alpha value is -1.00. The lowest BCUT2D eigenvalue weighted by atomic mass is 9.99. The molecule has 0 aliphatic carbocycles. The predicted octanol–water partition coefficient (Wildman–Crippen LogP) is 3.37.